The Labute approximate surface area is 116 Å². The van der Waals surface area contributed by atoms with Crippen molar-refractivity contribution in [3.05, 3.63) is 21.9 Å². The number of hydrogen-bond donors (Lipinski definition) is 4. The summed E-state index contributed by atoms with van der Waals surface area (Å²) in [7, 11) is 0. The molecule has 10 nitrogen and oxygen atoms in total. The highest BCUT2D eigenvalue weighted by Gasteiger charge is 2.14. The highest BCUT2D eigenvalue weighted by molar-refractivity contribution is 7.09. The van der Waals surface area contributed by atoms with Gasteiger partial charge in [0.05, 0.1) is 12.6 Å². The van der Waals surface area contributed by atoms with E-state index in [4.69, 9.17) is 5.11 Å². The van der Waals surface area contributed by atoms with Crippen LogP contribution in [-0.4, -0.2) is 42.7 Å². The summed E-state index contributed by atoms with van der Waals surface area (Å²) in [6.45, 7) is 1.85. The van der Waals surface area contributed by atoms with Gasteiger partial charge in [-0.3, -0.25) is 0 Å². The van der Waals surface area contributed by atoms with Crippen molar-refractivity contribution < 1.29 is 14.7 Å². The molecule has 106 valence electrons. The first-order valence-corrected chi connectivity index (χ1v) is 6.39. The second-order valence-electron chi connectivity index (χ2n) is 3.75. The molecule has 0 saturated carbocycles. The molecule has 0 aliphatic heterocycles. The van der Waals surface area contributed by atoms with E-state index in [-0.39, 0.29) is 12.2 Å². The maximum absolute atomic E-state index is 11.6. The summed E-state index contributed by atoms with van der Waals surface area (Å²) >= 11 is 1.16. The number of nitrogens with zero attached hydrogens (tertiary/aromatic N) is 4. The van der Waals surface area contributed by atoms with Crippen molar-refractivity contribution in [1.82, 2.24) is 36.2 Å². The van der Waals surface area contributed by atoms with Crippen LogP contribution in [0.5, 0.6) is 0 Å². The van der Waals surface area contributed by atoms with E-state index in [9.17, 15) is 9.59 Å². The zero-order valence-corrected chi connectivity index (χ0v) is 11.1. The van der Waals surface area contributed by atoms with Gasteiger partial charge in [0.1, 0.15) is 5.01 Å². The standard InChI is InChI=1S/C9H11N7O3S/c1-4(7-13-15-16-14-7)11-9(19)10-2-6-12-5(3-20-6)8(17)18/h3-4H,2H2,1H3,(H,17,18)(H2,10,11,19)(H,13,14,15,16). The molecule has 2 aromatic rings. The molecule has 0 bridgehead atoms. The van der Waals surface area contributed by atoms with Crippen molar-refractivity contribution in [1.29, 1.82) is 0 Å². The van der Waals surface area contributed by atoms with Crippen LogP contribution in [0.1, 0.15) is 34.3 Å². The minimum absolute atomic E-state index is 0.0348. The van der Waals surface area contributed by atoms with E-state index in [0.29, 0.717) is 10.8 Å². The van der Waals surface area contributed by atoms with Crippen LogP contribution < -0.4 is 10.6 Å². The van der Waals surface area contributed by atoms with Gasteiger partial charge in [-0.1, -0.05) is 5.21 Å². The highest BCUT2D eigenvalue weighted by atomic mass is 32.1. The predicted octanol–water partition coefficient (Wildman–Crippen LogP) is -0.0852. The lowest BCUT2D eigenvalue weighted by molar-refractivity contribution is 0.0691. The van der Waals surface area contributed by atoms with Gasteiger partial charge in [-0.05, 0) is 6.92 Å². The lowest BCUT2D eigenvalue weighted by Crippen LogP contribution is -2.37. The lowest BCUT2D eigenvalue weighted by atomic mass is 10.3. The van der Waals surface area contributed by atoms with Crippen molar-refractivity contribution in [2.75, 3.05) is 0 Å². The topological polar surface area (TPSA) is 146 Å². The molecule has 1 unspecified atom stereocenters. The molecule has 2 aromatic heterocycles. The summed E-state index contributed by atoms with van der Waals surface area (Å²) in [5, 5.41) is 29.0. The first kappa shape index (κ1) is 13.9. The number of rotatable bonds is 5. The molecular formula is C9H11N7O3S. The van der Waals surface area contributed by atoms with Crippen LogP contribution in [0.4, 0.5) is 4.79 Å². The van der Waals surface area contributed by atoms with Gasteiger partial charge in [-0.15, -0.1) is 21.5 Å². The van der Waals surface area contributed by atoms with Crippen LogP contribution >= 0.6 is 11.3 Å². The Morgan fingerprint density at radius 1 is 1.55 bits per heavy atom. The van der Waals surface area contributed by atoms with E-state index >= 15 is 0 Å². The van der Waals surface area contributed by atoms with E-state index in [1.807, 2.05) is 0 Å². The van der Waals surface area contributed by atoms with E-state index in [1.54, 1.807) is 6.92 Å². The van der Waals surface area contributed by atoms with Crippen molar-refractivity contribution in [2.45, 2.75) is 19.5 Å². The fourth-order valence-electron chi connectivity index (χ4n) is 1.31. The Balaban J connectivity index is 1.81. The third-order valence-electron chi connectivity index (χ3n) is 2.27. The van der Waals surface area contributed by atoms with E-state index in [0.717, 1.165) is 11.3 Å². The molecule has 1 atom stereocenters. The van der Waals surface area contributed by atoms with E-state index < -0.39 is 18.0 Å². The van der Waals surface area contributed by atoms with Crippen molar-refractivity contribution in [3.63, 3.8) is 0 Å². The van der Waals surface area contributed by atoms with Crippen LogP contribution in [-0.2, 0) is 6.54 Å². The molecule has 20 heavy (non-hydrogen) atoms. The Kier molecular flexibility index (Phi) is 4.20. The zero-order chi connectivity index (χ0) is 14.5. The number of tetrazole rings is 1. The third-order valence-corrected chi connectivity index (χ3v) is 3.12. The third kappa shape index (κ3) is 3.47. The molecule has 2 rings (SSSR count). The van der Waals surface area contributed by atoms with Gasteiger partial charge in [-0.25, -0.2) is 14.6 Å². The second kappa shape index (κ2) is 6.06. The molecule has 0 radical (unpaired) electrons. The molecule has 0 spiro atoms. The van der Waals surface area contributed by atoms with Crippen LogP contribution in [0.2, 0.25) is 0 Å². The molecule has 2 amide bonds. The monoisotopic (exact) mass is 297 g/mol. The van der Waals surface area contributed by atoms with Gasteiger partial charge in [-0.2, -0.15) is 5.21 Å². The van der Waals surface area contributed by atoms with Crippen LogP contribution in [0.25, 0.3) is 0 Å². The lowest BCUT2D eigenvalue weighted by Gasteiger charge is -2.10. The Morgan fingerprint density at radius 3 is 2.95 bits per heavy atom. The largest absolute Gasteiger partial charge is 0.476 e. The molecule has 0 saturated heterocycles. The fraction of sp³-hybridized carbons (Fsp3) is 0.333. The van der Waals surface area contributed by atoms with Crippen LogP contribution in [0.15, 0.2) is 5.38 Å². The molecular weight excluding hydrogens is 286 g/mol. The first-order valence-electron chi connectivity index (χ1n) is 5.51. The number of aromatic amines is 1. The summed E-state index contributed by atoms with van der Waals surface area (Å²) in [6, 6.07) is -0.839. The molecule has 0 aliphatic carbocycles. The number of aromatic carboxylic acids is 1. The van der Waals surface area contributed by atoms with Crippen molar-refractivity contribution in [2.24, 2.45) is 0 Å². The van der Waals surface area contributed by atoms with Gasteiger partial charge in [0.15, 0.2) is 11.5 Å². The minimum atomic E-state index is -1.09. The van der Waals surface area contributed by atoms with Gasteiger partial charge >= 0.3 is 12.0 Å². The quantitative estimate of drug-likeness (QED) is 0.603. The first-order chi connectivity index (χ1) is 9.56. The highest BCUT2D eigenvalue weighted by Crippen LogP contribution is 2.09. The second-order valence-corrected chi connectivity index (χ2v) is 4.69. The number of amides is 2. The number of hydrogen-bond acceptors (Lipinski definition) is 7. The molecule has 0 aliphatic rings. The molecule has 0 aromatic carbocycles. The van der Waals surface area contributed by atoms with Gasteiger partial charge in [0.2, 0.25) is 0 Å². The maximum atomic E-state index is 11.6. The maximum Gasteiger partial charge on any atom is 0.355 e. The molecule has 11 heteroatoms. The molecule has 4 N–H and O–H groups in total. The van der Waals surface area contributed by atoms with Gasteiger partial charge in [0.25, 0.3) is 0 Å². The number of carbonyl (C=O) groups is 2. The average molecular weight is 297 g/mol. The number of thiazole rings is 1. The van der Waals surface area contributed by atoms with E-state index in [2.05, 4.69) is 36.2 Å². The van der Waals surface area contributed by atoms with Gasteiger partial charge in [0, 0.05) is 5.38 Å². The average Bonchev–Trinajstić information content (AvgIpc) is 3.07. The van der Waals surface area contributed by atoms with Crippen LogP contribution in [0, 0.1) is 0 Å². The van der Waals surface area contributed by atoms with Gasteiger partial charge < -0.3 is 15.7 Å². The normalized spacial score (nSPS) is 11.8. The smallest absolute Gasteiger partial charge is 0.355 e. The summed E-state index contributed by atoms with van der Waals surface area (Å²) in [6.07, 6.45) is 0. The Morgan fingerprint density at radius 2 is 2.35 bits per heavy atom. The SMILES string of the molecule is CC(NC(=O)NCc1nc(C(=O)O)cs1)c1nn[nH]n1. The number of nitrogens with one attached hydrogen (secondary N) is 3. The Hall–Kier alpha value is -2.56. The summed E-state index contributed by atoms with van der Waals surface area (Å²) in [4.78, 5) is 26.1. The number of carboxylic acid groups (broad SMARTS) is 1. The number of H-pyrrole nitrogens is 1. The van der Waals surface area contributed by atoms with Crippen molar-refractivity contribution >= 4 is 23.3 Å². The molecule has 2 heterocycles. The molecule has 0 fully saturated rings. The Bertz CT molecular complexity index is 596. The predicted molar refractivity (Wildman–Crippen MR) is 67.0 cm³/mol. The summed E-state index contributed by atoms with van der Waals surface area (Å²) in [5.41, 5.74) is -0.0348. The number of urea groups is 1. The van der Waals surface area contributed by atoms with Crippen LogP contribution in [0.3, 0.4) is 0 Å². The summed E-state index contributed by atoms with van der Waals surface area (Å²) in [5.74, 6) is -0.731. The van der Waals surface area contributed by atoms with E-state index in [1.165, 1.54) is 5.38 Å². The number of carbonyl (C=O) groups excluding carboxylic acids is 1. The van der Waals surface area contributed by atoms with Crippen molar-refractivity contribution in [3.8, 4) is 0 Å². The number of aromatic nitrogens is 5. The minimum Gasteiger partial charge on any atom is -0.476 e. The summed E-state index contributed by atoms with van der Waals surface area (Å²) < 4.78 is 0. The number of carboxylic acids is 1. The fourth-order valence-corrected chi connectivity index (χ4v) is 2.02. The zero-order valence-electron chi connectivity index (χ0n) is 10.3.